The summed E-state index contributed by atoms with van der Waals surface area (Å²) in [7, 11) is -3.53. The van der Waals surface area contributed by atoms with Crippen LogP contribution in [-0.4, -0.2) is 118 Å². The summed E-state index contributed by atoms with van der Waals surface area (Å²) in [6.07, 6.45) is -7.65. The van der Waals surface area contributed by atoms with Crippen molar-refractivity contribution >= 4 is 31.2 Å². The third-order valence-electron chi connectivity index (χ3n) is 4.79. The van der Waals surface area contributed by atoms with Crippen molar-refractivity contribution in [2.75, 3.05) is 26.1 Å². The Morgan fingerprint density at radius 3 is 2.54 bits per heavy atom. The van der Waals surface area contributed by atoms with Crippen LogP contribution in [0.1, 0.15) is 6.23 Å². The minimum atomic E-state index is -4.76. The molecule has 19 heteroatoms. The number of phosphoric acid groups is 1. The van der Waals surface area contributed by atoms with E-state index in [9.17, 15) is 24.4 Å². The Bertz CT molecular complexity index is 1090. The first-order valence-electron chi connectivity index (χ1n) is 9.73. The van der Waals surface area contributed by atoms with E-state index in [4.69, 9.17) is 35.6 Å². The molecule has 18 nitrogen and oxygen atoms in total. The minimum absolute atomic E-state index is 0.0176. The molecule has 0 saturated carbocycles. The molecule has 10 N–H and O–H groups in total. The molecule has 3 unspecified atom stereocenters. The van der Waals surface area contributed by atoms with Crippen molar-refractivity contribution in [1.29, 1.82) is 0 Å². The highest BCUT2D eigenvalue weighted by molar-refractivity contribution is 7.46. The SMILES string of the molecule is COC(C=O)C(O)C(O)CO.Nc1nc2c(ncn2[C@@H]2O[C@H](COP(=O)(O)O)[C@@H](O)[C@H]2O)c(=O)[nH]1. The van der Waals surface area contributed by atoms with Crippen molar-refractivity contribution in [2.45, 2.75) is 42.9 Å². The molecule has 1 fully saturated rings. The first kappa shape index (κ1) is 28.9. The number of methoxy groups -OCH3 is 1. The van der Waals surface area contributed by atoms with Crippen molar-refractivity contribution in [3.05, 3.63) is 16.7 Å². The van der Waals surface area contributed by atoms with Crippen molar-refractivity contribution in [3.63, 3.8) is 0 Å². The van der Waals surface area contributed by atoms with E-state index < -0.39 is 69.4 Å². The van der Waals surface area contributed by atoms with Gasteiger partial charge in [0.05, 0.1) is 19.5 Å². The Kier molecular flexibility index (Phi) is 9.95. The number of aromatic amines is 1. The van der Waals surface area contributed by atoms with Crippen LogP contribution < -0.4 is 11.3 Å². The van der Waals surface area contributed by atoms with Crippen LogP contribution in [0.5, 0.6) is 0 Å². The number of phosphoric ester groups is 1. The number of carbonyl (C=O) groups excluding carboxylic acids is 1. The number of nitrogen functional groups attached to an aromatic ring is 1. The van der Waals surface area contributed by atoms with Crippen molar-refractivity contribution < 1.29 is 58.7 Å². The molecule has 1 aliphatic heterocycles. The number of hydrogen-bond acceptors (Lipinski definition) is 14. The lowest BCUT2D eigenvalue weighted by atomic mass is 10.1. The molecule has 1 aliphatic rings. The number of anilines is 1. The monoisotopic (exact) mass is 527 g/mol. The zero-order valence-corrected chi connectivity index (χ0v) is 19.0. The van der Waals surface area contributed by atoms with Crippen molar-refractivity contribution in [1.82, 2.24) is 19.5 Å². The number of aliphatic hydroxyl groups excluding tert-OH is 5. The second kappa shape index (κ2) is 12.1. The first-order valence-corrected chi connectivity index (χ1v) is 11.3. The summed E-state index contributed by atoms with van der Waals surface area (Å²) in [5.74, 6) is -0.177. The highest BCUT2D eigenvalue weighted by Gasteiger charge is 2.45. The van der Waals surface area contributed by atoms with Crippen molar-refractivity contribution in [3.8, 4) is 0 Å². The molecular weight excluding hydrogens is 501 g/mol. The summed E-state index contributed by atoms with van der Waals surface area (Å²) < 4.78 is 26.1. The van der Waals surface area contributed by atoms with Gasteiger partial charge in [0.15, 0.2) is 23.7 Å². The molecule has 1 saturated heterocycles. The number of aromatic nitrogens is 4. The Balaban J connectivity index is 0.000000334. The third-order valence-corrected chi connectivity index (χ3v) is 5.28. The smallest absolute Gasteiger partial charge is 0.394 e. The number of aliphatic hydroxyl groups is 5. The van der Waals surface area contributed by atoms with E-state index in [0.717, 1.165) is 0 Å². The summed E-state index contributed by atoms with van der Waals surface area (Å²) >= 11 is 0. The summed E-state index contributed by atoms with van der Waals surface area (Å²) in [5.41, 5.74) is 4.84. The van der Waals surface area contributed by atoms with Crippen molar-refractivity contribution in [2.24, 2.45) is 0 Å². The van der Waals surface area contributed by atoms with Gasteiger partial charge in [-0.25, -0.2) is 9.55 Å². The molecule has 198 valence electrons. The topological polar surface area (TPSA) is 293 Å². The average Bonchev–Trinajstić information content (AvgIpc) is 3.33. The minimum Gasteiger partial charge on any atom is -0.394 e. The standard InChI is InChI=1S/C10H14N5O8P.C6H12O5/c11-10-13-7-4(8(18)14-10)12-2-15(7)9-6(17)5(16)3(23-9)1-22-24(19,20)21;1-11-5(3-8)6(10)4(9)2-7/h2-3,5-6,9,16-17H,1H2,(H2,19,20,21)(H3,11,13,14,18);3-7,9-10H,2H2,1H3/t3-,5-,6-,9-;/m1./s1. The maximum Gasteiger partial charge on any atom is 0.469 e. The number of nitrogens with one attached hydrogen (secondary N) is 1. The predicted octanol–water partition coefficient (Wildman–Crippen LogP) is -4.66. The van der Waals surface area contributed by atoms with Gasteiger partial charge in [-0.1, -0.05) is 0 Å². The summed E-state index contributed by atoms with van der Waals surface area (Å²) in [6, 6.07) is 0. The quantitative estimate of drug-likeness (QED) is 0.109. The lowest BCUT2D eigenvalue weighted by Gasteiger charge is -2.19. The Hall–Kier alpha value is -2.35. The van der Waals surface area contributed by atoms with Gasteiger partial charge in [0.25, 0.3) is 5.56 Å². The van der Waals surface area contributed by atoms with E-state index in [1.54, 1.807) is 0 Å². The molecule has 0 aromatic carbocycles. The lowest BCUT2D eigenvalue weighted by molar-refractivity contribution is -0.131. The zero-order valence-electron chi connectivity index (χ0n) is 18.1. The lowest BCUT2D eigenvalue weighted by Crippen LogP contribution is -2.41. The second-order valence-corrected chi connectivity index (χ2v) is 8.42. The molecule has 3 heterocycles. The number of ether oxygens (including phenoxy) is 2. The average molecular weight is 527 g/mol. The van der Waals surface area contributed by atoms with Crippen LogP contribution in [0, 0.1) is 0 Å². The fourth-order valence-electron chi connectivity index (χ4n) is 3.00. The molecule has 0 radical (unpaired) electrons. The van der Waals surface area contributed by atoms with Gasteiger partial charge in [0.1, 0.15) is 36.6 Å². The molecular formula is C16H26N5O13P. The second-order valence-electron chi connectivity index (χ2n) is 7.18. The number of nitrogens with two attached hydrogens (primary N) is 1. The highest BCUT2D eigenvalue weighted by Crippen LogP contribution is 2.38. The van der Waals surface area contributed by atoms with Crippen LogP contribution in [0.2, 0.25) is 0 Å². The van der Waals surface area contributed by atoms with E-state index in [1.165, 1.54) is 18.0 Å². The predicted molar refractivity (Wildman–Crippen MR) is 112 cm³/mol. The summed E-state index contributed by atoms with van der Waals surface area (Å²) in [4.78, 5) is 49.3. The molecule has 0 spiro atoms. The summed E-state index contributed by atoms with van der Waals surface area (Å²) in [6.45, 7) is -1.25. The zero-order chi connectivity index (χ0) is 26.5. The van der Waals surface area contributed by atoms with Crippen LogP contribution >= 0.6 is 7.82 Å². The fourth-order valence-corrected chi connectivity index (χ4v) is 3.34. The third kappa shape index (κ3) is 7.09. The van der Waals surface area contributed by atoms with Gasteiger partial charge in [-0.05, 0) is 0 Å². The number of aldehydes is 1. The van der Waals surface area contributed by atoms with E-state index in [-0.39, 0.29) is 17.1 Å². The van der Waals surface area contributed by atoms with E-state index in [1.807, 2.05) is 0 Å². The number of fused-ring (bicyclic) bond motifs is 1. The molecule has 3 rings (SSSR count). The Morgan fingerprint density at radius 1 is 1.34 bits per heavy atom. The maximum absolute atomic E-state index is 11.7. The number of rotatable bonds is 9. The molecule has 0 bridgehead atoms. The number of hydrogen-bond donors (Lipinski definition) is 9. The molecule has 2 aromatic heterocycles. The van der Waals surface area contributed by atoms with Crippen LogP contribution in [-0.2, 0) is 23.4 Å². The number of carbonyl (C=O) groups is 1. The van der Waals surface area contributed by atoms with Crippen LogP contribution in [0.3, 0.4) is 0 Å². The number of imidazole rings is 1. The van der Waals surface area contributed by atoms with E-state index in [0.29, 0.717) is 6.29 Å². The fraction of sp³-hybridized carbons (Fsp3) is 0.625. The molecule has 0 aliphatic carbocycles. The largest absolute Gasteiger partial charge is 0.469 e. The van der Waals surface area contributed by atoms with Gasteiger partial charge in [0, 0.05) is 7.11 Å². The number of nitrogens with zero attached hydrogens (tertiary/aromatic N) is 3. The Morgan fingerprint density at radius 2 is 2.00 bits per heavy atom. The van der Waals surface area contributed by atoms with E-state index >= 15 is 0 Å². The van der Waals surface area contributed by atoms with Gasteiger partial charge >= 0.3 is 7.82 Å². The molecule has 7 atom stereocenters. The summed E-state index contributed by atoms with van der Waals surface area (Å²) in [5, 5.41) is 46.3. The molecule has 35 heavy (non-hydrogen) atoms. The molecule has 2 aromatic rings. The highest BCUT2D eigenvalue weighted by atomic mass is 31.2. The van der Waals surface area contributed by atoms with Gasteiger partial charge in [0.2, 0.25) is 5.95 Å². The van der Waals surface area contributed by atoms with Gasteiger partial charge in [-0.3, -0.25) is 18.9 Å². The normalized spacial score (nSPS) is 25.0. The van der Waals surface area contributed by atoms with Gasteiger partial charge in [-0.2, -0.15) is 4.98 Å². The van der Waals surface area contributed by atoms with Crippen LogP contribution in [0.4, 0.5) is 5.95 Å². The Labute approximate surface area is 195 Å². The van der Waals surface area contributed by atoms with Gasteiger partial charge < -0.3 is 55.3 Å². The van der Waals surface area contributed by atoms with Crippen LogP contribution in [0.15, 0.2) is 11.1 Å². The van der Waals surface area contributed by atoms with Crippen LogP contribution in [0.25, 0.3) is 11.2 Å². The van der Waals surface area contributed by atoms with Gasteiger partial charge in [-0.15, -0.1) is 0 Å². The first-order chi connectivity index (χ1) is 16.3. The van der Waals surface area contributed by atoms with E-state index in [2.05, 4.69) is 24.2 Å². The number of H-pyrrole nitrogens is 1. The molecule has 0 amide bonds. The maximum atomic E-state index is 11.7.